The Labute approximate surface area is 228 Å². The van der Waals surface area contributed by atoms with Crippen LogP contribution in [0.4, 0.5) is 10.1 Å². The van der Waals surface area contributed by atoms with Crippen molar-refractivity contribution in [1.29, 1.82) is 5.41 Å². The number of aliphatic carboxylic acids is 1. The zero-order valence-corrected chi connectivity index (χ0v) is 21.8. The fourth-order valence-corrected chi connectivity index (χ4v) is 3.67. The number of rotatable bonds is 10. The number of aromatic amines is 1. The Morgan fingerprint density at radius 3 is 2.48 bits per heavy atom. The number of aliphatic hydroxyl groups is 1. The molecule has 0 amide bonds. The van der Waals surface area contributed by atoms with Crippen molar-refractivity contribution in [3.8, 4) is 11.7 Å². The van der Waals surface area contributed by atoms with E-state index in [9.17, 15) is 9.90 Å². The molecule has 0 aliphatic carbocycles. The van der Waals surface area contributed by atoms with E-state index in [4.69, 9.17) is 25.8 Å². The fraction of sp³-hybridized carbons (Fsp3) is 0.231. The monoisotopic (exact) mass is 552 g/mol. The SMILES string of the molecule is CC(=O)O.COc1cc(CCCO)c(F)c([C@H](Nc2ccc(C(=N)N)cc2)c2nn(-c3ncccn3)c(=O)[nH]2)c1. The fourth-order valence-electron chi connectivity index (χ4n) is 3.67. The summed E-state index contributed by atoms with van der Waals surface area (Å²) in [5, 5.41) is 31.8. The van der Waals surface area contributed by atoms with Crippen LogP contribution >= 0.6 is 0 Å². The van der Waals surface area contributed by atoms with E-state index in [1.54, 1.807) is 36.4 Å². The number of aromatic nitrogens is 5. The number of H-pyrrole nitrogens is 1. The highest BCUT2D eigenvalue weighted by atomic mass is 19.1. The average molecular weight is 553 g/mol. The number of halogens is 1. The number of nitrogens with zero attached hydrogens (tertiary/aromatic N) is 4. The van der Waals surface area contributed by atoms with Crippen LogP contribution in [0, 0.1) is 11.2 Å². The standard InChI is InChI=1S/C24H25FN8O3.C2H4O2/c1-36-17-12-15(4-2-11-34)19(25)18(13-17)20(30-16-7-5-14(6-8-16)21(26)27)22-31-24(35)33(32-22)23-28-9-3-10-29-23;1-2(3)4/h3,5-10,12-13,20,30,34H,2,4,11H2,1H3,(H3,26,27)(H,31,32,35);1H3,(H,3,4)/t20-;/m0./s1. The maximum absolute atomic E-state index is 15.8. The first kappa shape index (κ1) is 29.4. The number of benzene rings is 2. The lowest BCUT2D eigenvalue weighted by Crippen LogP contribution is -2.18. The highest BCUT2D eigenvalue weighted by Crippen LogP contribution is 2.32. The number of aliphatic hydroxyl groups excluding tert-OH is 1. The number of methoxy groups -OCH3 is 1. The van der Waals surface area contributed by atoms with E-state index in [1.807, 2.05) is 0 Å². The Bertz CT molecular complexity index is 1500. The normalized spacial score (nSPS) is 11.2. The zero-order valence-electron chi connectivity index (χ0n) is 21.8. The second-order valence-electron chi connectivity index (χ2n) is 8.38. The third-order valence-electron chi connectivity index (χ3n) is 5.46. The molecule has 210 valence electrons. The first-order valence-corrected chi connectivity index (χ1v) is 12.0. The second-order valence-corrected chi connectivity index (χ2v) is 8.38. The number of carboxylic acids is 1. The molecule has 0 unspecified atom stereocenters. The maximum Gasteiger partial charge on any atom is 0.350 e. The lowest BCUT2D eigenvalue weighted by molar-refractivity contribution is -0.134. The molecule has 0 aliphatic heterocycles. The van der Waals surface area contributed by atoms with Gasteiger partial charge in [-0.3, -0.25) is 15.2 Å². The van der Waals surface area contributed by atoms with Crippen LogP contribution in [-0.4, -0.2) is 60.5 Å². The van der Waals surface area contributed by atoms with Crippen molar-refractivity contribution in [2.75, 3.05) is 19.0 Å². The van der Waals surface area contributed by atoms with Crippen molar-refractivity contribution in [3.63, 3.8) is 0 Å². The van der Waals surface area contributed by atoms with E-state index in [0.29, 0.717) is 29.0 Å². The van der Waals surface area contributed by atoms with E-state index in [2.05, 4.69) is 25.4 Å². The van der Waals surface area contributed by atoms with Gasteiger partial charge in [0.1, 0.15) is 23.4 Å². The largest absolute Gasteiger partial charge is 0.497 e. The van der Waals surface area contributed by atoms with E-state index < -0.39 is 23.5 Å². The van der Waals surface area contributed by atoms with Crippen molar-refractivity contribution in [3.05, 3.63) is 93.7 Å². The van der Waals surface area contributed by atoms with E-state index in [0.717, 1.165) is 11.6 Å². The van der Waals surface area contributed by atoms with Gasteiger partial charge < -0.3 is 26.0 Å². The van der Waals surface area contributed by atoms with Gasteiger partial charge in [0.05, 0.1) is 7.11 Å². The van der Waals surface area contributed by atoms with Crippen molar-refractivity contribution < 1.29 is 24.1 Å². The van der Waals surface area contributed by atoms with E-state index in [1.165, 1.54) is 25.6 Å². The molecule has 14 heteroatoms. The van der Waals surface area contributed by atoms with Gasteiger partial charge in [0.2, 0.25) is 0 Å². The van der Waals surface area contributed by atoms with Crippen molar-refractivity contribution in [2.24, 2.45) is 5.73 Å². The van der Waals surface area contributed by atoms with Gasteiger partial charge in [0.25, 0.3) is 11.9 Å². The molecule has 0 saturated carbocycles. The van der Waals surface area contributed by atoms with Crippen LogP contribution in [0.2, 0.25) is 0 Å². The van der Waals surface area contributed by atoms with Crippen molar-refractivity contribution in [1.82, 2.24) is 24.7 Å². The molecule has 7 N–H and O–H groups in total. The summed E-state index contributed by atoms with van der Waals surface area (Å²) in [5.41, 5.74) is 6.56. The summed E-state index contributed by atoms with van der Waals surface area (Å²) in [6, 6.07) is 10.4. The van der Waals surface area contributed by atoms with Crippen LogP contribution in [0.15, 0.2) is 59.7 Å². The summed E-state index contributed by atoms with van der Waals surface area (Å²) in [6.45, 7) is 0.991. The topological polar surface area (TPSA) is 205 Å². The number of hydrogen-bond donors (Lipinski definition) is 6. The van der Waals surface area contributed by atoms with Gasteiger partial charge in [0.15, 0.2) is 5.82 Å². The Kier molecular flexibility index (Phi) is 10.0. The van der Waals surface area contributed by atoms with Crippen LogP contribution < -0.4 is 21.5 Å². The first-order valence-electron chi connectivity index (χ1n) is 12.0. The summed E-state index contributed by atoms with van der Waals surface area (Å²) >= 11 is 0. The Hall–Kier alpha value is -5.11. The highest BCUT2D eigenvalue weighted by Gasteiger charge is 2.26. The summed E-state index contributed by atoms with van der Waals surface area (Å²) in [6.07, 6.45) is 3.61. The van der Waals surface area contributed by atoms with Gasteiger partial charge in [-0.15, -0.1) is 9.78 Å². The number of anilines is 1. The van der Waals surface area contributed by atoms with Gasteiger partial charge in [0, 0.05) is 42.7 Å². The lowest BCUT2D eigenvalue weighted by atomic mass is 9.98. The molecule has 0 aliphatic rings. The van der Waals surface area contributed by atoms with Crippen molar-refractivity contribution >= 4 is 17.5 Å². The summed E-state index contributed by atoms with van der Waals surface area (Å²) in [4.78, 5) is 32.5. The van der Waals surface area contributed by atoms with Gasteiger partial charge in [-0.2, -0.15) is 0 Å². The number of nitrogen functional groups attached to an aromatic ring is 1. The van der Waals surface area contributed by atoms with Gasteiger partial charge in [-0.1, -0.05) is 0 Å². The zero-order chi connectivity index (χ0) is 29.2. The minimum atomic E-state index is -0.950. The smallest absolute Gasteiger partial charge is 0.350 e. The lowest BCUT2D eigenvalue weighted by Gasteiger charge is -2.21. The number of nitrogens with two attached hydrogens (primary N) is 1. The molecule has 2 heterocycles. The van der Waals surface area contributed by atoms with E-state index >= 15 is 4.39 Å². The van der Waals surface area contributed by atoms with Crippen LogP contribution in [0.1, 0.15) is 41.9 Å². The van der Waals surface area contributed by atoms with Crippen LogP contribution in [0.5, 0.6) is 5.75 Å². The highest BCUT2D eigenvalue weighted by molar-refractivity contribution is 5.95. The molecule has 0 saturated heterocycles. The maximum atomic E-state index is 15.8. The van der Waals surface area contributed by atoms with Crippen LogP contribution in [-0.2, 0) is 11.2 Å². The van der Waals surface area contributed by atoms with E-state index in [-0.39, 0.29) is 36.2 Å². The predicted octanol–water partition coefficient (Wildman–Crippen LogP) is 2.00. The molecule has 1 atom stereocenters. The molecule has 4 rings (SSSR count). The second kappa shape index (κ2) is 13.6. The number of nitrogens with one attached hydrogen (secondary N) is 3. The summed E-state index contributed by atoms with van der Waals surface area (Å²) < 4.78 is 22.2. The van der Waals surface area contributed by atoms with Gasteiger partial charge >= 0.3 is 5.69 Å². The average Bonchev–Trinajstić information content (AvgIpc) is 3.33. The van der Waals surface area contributed by atoms with Crippen LogP contribution in [0.25, 0.3) is 5.95 Å². The third-order valence-corrected chi connectivity index (χ3v) is 5.46. The van der Waals surface area contributed by atoms with Crippen LogP contribution in [0.3, 0.4) is 0 Å². The first-order chi connectivity index (χ1) is 19.1. The summed E-state index contributed by atoms with van der Waals surface area (Å²) in [5.74, 6) is -0.858. The quantitative estimate of drug-likeness (QED) is 0.125. The molecule has 2 aromatic carbocycles. The third kappa shape index (κ3) is 7.48. The Balaban J connectivity index is 0.00000103. The number of ether oxygens (including phenoxy) is 1. The number of aryl methyl sites for hydroxylation is 1. The number of amidine groups is 1. The number of carbonyl (C=O) groups is 1. The van der Waals surface area contributed by atoms with Crippen molar-refractivity contribution in [2.45, 2.75) is 25.8 Å². The predicted molar refractivity (Wildman–Crippen MR) is 144 cm³/mol. The molecule has 2 aromatic heterocycles. The van der Waals surface area contributed by atoms with Gasteiger partial charge in [-0.05, 0) is 60.9 Å². The molecule has 0 bridgehead atoms. The molecule has 0 spiro atoms. The molecule has 4 aromatic rings. The molecule has 0 fully saturated rings. The number of carboxylic acid groups (broad SMARTS) is 1. The molecule has 0 radical (unpaired) electrons. The Morgan fingerprint density at radius 1 is 1.25 bits per heavy atom. The summed E-state index contributed by atoms with van der Waals surface area (Å²) in [7, 11) is 1.47. The van der Waals surface area contributed by atoms with Gasteiger partial charge in [-0.25, -0.2) is 19.2 Å². The Morgan fingerprint density at radius 2 is 1.90 bits per heavy atom. The molecular formula is C26H29FN8O5. The molecular weight excluding hydrogens is 523 g/mol. The minimum absolute atomic E-state index is 0.0595. The number of hydrogen-bond acceptors (Lipinski definition) is 9. The molecule has 40 heavy (non-hydrogen) atoms. The molecule has 13 nitrogen and oxygen atoms in total. The minimum Gasteiger partial charge on any atom is -0.497 e.